The number of nitrogens with zero attached hydrogens (tertiary/aromatic N) is 3. The Balaban J connectivity index is 1.98. The van der Waals surface area contributed by atoms with E-state index in [-0.39, 0.29) is 18.1 Å². The first-order valence-corrected chi connectivity index (χ1v) is 8.72. The average molecular weight is 412 g/mol. The van der Waals surface area contributed by atoms with E-state index in [1.807, 2.05) is 48.5 Å². The van der Waals surface area contributed by atoms with Gasteiger partial charge >= 0.3 is 5.97 Å². The lowest BCUT2D eigenvalue weighted by Crippen LogP contribution is -2.11. The number of benzene rings is 2. The highest BCUT2D eigenvalue weighted by Gasteiger charge is 2.23. The third-order valence-corrected chi connectivity index (χ3v) is 4.53. The highest BCUT2D eigenvalue weighted by Crippen LogP contribution is 2.34. The molecule has 0 radical (unpaired) electrons. The second-order valence-electron chi connectivity index (χ2n) is 5.84. The van der Waals surface area contributed by atoms with Crippen LogP contribution in [0.15, 0.2) is 53.0 Å². The van der Waals surface area contributed by atoms with Crippen molar-refractivity contribution in [1.82, 2.24) is 14.6 Å². The molecule has 0 amide bonds. The third kappa shape index (κ3) is 2.80. The van der Waals surface area contributed by atoms with Crippen molar-refractivity contribution in [1.29, 1.82) is 0 Å². The smallest absolute Gasteiger partial charge is 0.358 e. The van der Waals surface area contributed by atoms with Crippen LogP contribution in [0.3, 0.4) is 0 Å². The van der Waals surface area contributed by atoms with Crippen LogP contribution in [0, 0.1) is 6.92 Å². The molecule has 0 atom stereocenters. The van der Waals surface area contributed by atoms with Gasteiger partial charge in [-0.15, -0.1) is 0 Å². The van der Waals surface area contributed by atoms with Crippen molar-refractivity contribution in [3.05, 3.63) is 70.1 Å². The summed E-state index contributed by atoms with van der Waals surface area (Å²) in [4.78, 5) is 16.4. The number of carboxylic acid groups (broad SMARTS) is 1. The molecule has 0 saturated carbocycles. The largest absolute Gasteiger partial charge is 0.486 e. The molecular weight excluding hydrogens is 398 g/mol. The topological polar surface area (TPSA) is 76.7 Å². The Hall–Kier alpha value is -2.93. The van der Waals surface area contributed by atoms with Crippen molar-refractivity contribution in [2.45, 2.75) is 13.5 Å². The second-order valence-corrected chi connectivity index (χ2v) is 6.76. The molecule has 2 aromatic carbocycles. The maximum atomic E-state index is 12.0. The van der Waals surface area contributed by atoms with Crippen LogP contribution in [-0.2, 0) is 6.61 Å². The van der Waals surface area contributed by atoms with Crippen molar-refractivity contribution in [2.75, 3.05) is 0 Å². The van der Waals surface area contributed by atoms with Crippen LogP contribution in [0.5, 0.6) is 5.75 Å². The molecule has 7 heteroatoms. The predicted molar refractivity (Wildman–Crippen MR) is 101 cm³/mol. The number of aromatic carboxylic acids is 1. The Bertz CT molecular complexity index is 1140. The summed E-state index contributed by atoms with van der Waals surface area (Å²) in [6.07, 6.45) is 0. The maximum absolute atomic E-state index is 12.0. The molecular formula is C19H14BrN3O3. The molecule has 0 aliphatic carbocycles. The summed E-state index contributed by atoms with van der Waals surface area (Å²) in [5, 5.41) is 15.5. The van der Waals surface area contributed by atoms with Gasteiger partial charge in [-0.2, -0.15) is 5.10 Å². The standard InChI is InChI=1S/C19H14BrN3O3/c1-11-21-18-15-9-13(20)7-8-14(15)17(16(19(24)25)23(18)22-11)26-10-12-5-3-2-4-6-12/h2-9H,10H2,1H3,(H,24,25). The normalized spacial score (nSPS) is 11.2. The third-order valence-electron chi connectivity index (χ3n) is 4.04. The zero-order valence-corrected chi connectivity index (χ0v) is 15.4. The molecule has 0 fully saturated rings. The molecule has 26 heavy (non-hydrogen) atoms. The summed E-state index contributed by atoms with van der Waals surface area (Å²) in [6, 6.07) is 15.2. The summed E-state index contributed by atoms with van der Waals surface area (Å²) in [6.45, 7) is 1.98. The van der Waals surface area contributed by atoms with E-state index in [9.17, 15) is 9.90 Å². The van der Waals surface area contributed by atoms with Crippen LogP contribution in [-0.4, -0.2) is 25.7 Å². The lowest BCUT2D eigenvalue weighted by molar-refractivity contribution is 0.0682. The molecule has 0 aliphatic heterocycles. The highest BCUT2D eigenvalue weighted by atomic mass is 79.9. The number of aryl methyl sites for hydroxylation is 1. The van der Waals surface area contributed by atoms with Crippen LogP contribution < -0.4 is 4.74 Å². The van der Waals surface area contributed by atoms with Gasteiger partial charge in [0.1, 0.15) is 12.4 Å². The quantitative estimate of drug-likeness (QED) is 0.543. The number of ether oxygens (including phenoxy) is 1. The first kappa shape index (κ1) is 16.5. The lowest BCUT2D eigenvalue weighted by Gasteiger charge is -2.14. The van der Waals surface area contributed by atoms with Crippen molar-refractivity contribution >= 4 is 38.3 Å². The molecule has 2 aromatic heterocycles. The SMILES string of the molecule is Cc1nc2c3cc(Br)ccc3c(OCc3ccccc3)c(C(=O)O)n2n1. The molecule has 0 saturated heterocycles. The number of halogens is 1. The molecule has 6 nitrogen and oxygen atoms in total. The summed E-state index contributed by atoms with van der Waals surface area (Å²) in [7, 11) is 0. The minimum absolute atomic E-state index is 0.0358. The van der Waals surface area contributed by atoms with E-state index in [0.29, 0.717) is 16.9 Å². The number of rotatable bonds is 4. The minimum atomic E-state index is -1.12. The van der Waals surface area contributed by atoms with E-state index < -0.39 is 5.97 Å². The Morgan fingerprint density at radius 1 is 1.19 bits per heavy atom. The summed E-state index contributed by atoms with van der Waals surface area (Å²) in [5.74, 6) is -0.344. The van der Waals surface area contributed by atoms with Gasteiger partial charge in [-0.3, -0.25) is 0 Å². The number of carbonyl (C=O) groups is 1. The number of carboxylic acids is 1. The van der Waals surface area contributed by atoms with Gasteiger partial charge in [0.05, 0.1) is 0 Å². The van der Waals surface area contributed by atoms with Crippen molar-refractivity contribution in [3.63, 3.8) is 0 Å². The van der Waals surface area contributed by atoms with E-state index in [1.54, 1.807) is 6.92 Å². The summed E-state index contributed by atoms with van der Waals surface area (Å²) in [5.41, 5.74) is 1.40. The fraction of sp³-hybridized carbons (Fsp3) is 0.105. The second kappa shape index (κ2) is 6.42. The number of fused-ring (bicyclic) bond motifs is 3. The Kier molecular flexibility index (Phi) is 4.08. The van der Waals surface area contributed by atoms with Crippen LogP contribution in [0.4, 0.5) is 0 Å². The van der Waals surface area contributed by atoms with Gasteiger partial charge < -0.3 is 9.84 Å². The van der Waals surface area contributed by atoms with E-state index in [4.69, 9.17) is 4.74 Å². The fourth-order valence-electron chi connectivity index (χ4n) is 2.93. The molecule has 130 valence electrons. The predicted octanol–water partition coefficient (Wildman–Crippen LogP) is 4.23. The molecule has 4 rings (SSSR count). The number of hydrogen-bond acceptors (Lipinski definition) is 4. The average Bonchev–Trinajstić information content (AvgIpc) is 3.01. The monoisotopic (exact) mass is 411 g/mol. The molecule has 1 N–H and O–H groups in total. The maximum Gasteiger partial charge on any atom is 0.358 e. The first-order valence-electron chi connectivity index (χ1n) is 7.93. The molecule has 0 spiro atoms. The zero-order chi connectivity index (χ0) is 18.3. The molecule has 0 unspecified atom stereocenters. The van der Waals surface area contributed by atoms with Crippen LogP contribution in [0.2, 0.25) is 0 Å². The number of pyridine rings is 1. The van der Waals surface area contributed by atoms with Gasteiger partial charge in [0.25, 0.3) is 0 Å². The van der Waals surface area contributed by atoms with Crippen molar-refractivity contribution < 1.29 is 14.6 Å². The van der Waals surface area contributed by atoms with E-state index in [2.05, 4.69) is 26.0 Å². The first-order chi connectivity index (χ1) is 12.5. The highest BCUT2D eigenvalue weighted by molar-refractivity contribution is 9.10. The van der Waals surface area contributed by atoms with Crippen molar-refractivity contribution in [2.24, 2.45) is 0 Å². The Morgan fingerprint density at radius 2 is 1.96 bits per heavy atom. The van der Waals surface area contributed by atoms with Gasteiger partial charge in [0, 0.05) is 15.2 Å². The fourth-order valence-corrected chi connectivity index (χ4v) is 3.29. The van der Waals surface area contributed by atoms with E-state index in [0.717, 1.165) is 15.4 Å². The number of aromatic nitrogens is 3. The van der Waals surface area contributed by atoms with Gasteiger partial charge in [-0.05, 0) is 30.7 Å². The van der Waals surface area contributed by atoms with Gasteiger partial charge in [0.15, 0.2) is 17.1 Å². The molecule has 4 aromatic rings. The molecule has 0 bridgehead atoms. The van der Waals surface area contributed by atoms with Gasteiger partial charge in [-0.25, -0.2) is 14.3 Å². The van der Waals surface area contributed by atoms with Crippen molar-refractivity contribution in [3.8, 4) is 5.75 Å². The number of hydrogen-bond donors (Lipinski definition) is 1. The summed E-state index contributed by atoms with van der Waals surface area (Å²) >= 11 is 3.46. The van der Waals surface area contributed by atoms with Crippen LogP contribution in [0.25, 0.3) is 16.4 Å². The Morgan fingerprint density at radius 3 is 2.69 bits per heavy atom. The zero-order valence-electron chi connectivity index (χ0n) is 13.8. The van der Waals surface area contributed by atoms with Crippen LogP contribution >= 0.6 is 15.9 Å². The van der Waals surface area contributed by atoms with Gasteiger partial charge in [0.2, 0.25) is 0 Å². The lowest BCUT2D eigenvalue weighted by atomic mass is 10.1. The Labute approximate surface area is 157 Å². The van der Waals surface area contributed by atoms with Crippen LogP contribution in [0.1, 0.15) is 21.9 Å². The summed E-state index contributed by atoms with van der Waals surface area (Å²) < 4.78 is 8.18. The minimum Gasteiger partial charge on any atom is -0.486 e. The molecule has 0 aliphatic rings. The van der Waals surface area contributed by atoms with Gasteiger partial charge in [-0.1, -0.05) is 46.3 Å². The molecule has 2 heterocycles. The van der Waals surface area contributed by atoms with E-state index >= 15 is 0 Å². The van der Waals surface area contributed by atoms with E-state index in [1.165, 1.54) is 4.52 Å².